The van der Waals surface area contributed by atoms with Crippen molar-refractivity contribution < 1.29 is 28.2 Å². The molecule has 0 aromatic heterocycles. The van der Waals surface area contributed by atoms with Crippen molar-refractivity contribution in [2.45, 2.75) is 50.1 Å². The number of carbonyl (C=O) groups excluding carboxylic acids is 1. The number of hydrogen-bond donors (Lipinski definition) is 3. The van der Waals surface area contributed by atoms with E-state index in [1.165, 1.54) is 12.1 Å². The maximum Gasteiger partial charge on any atom is 0.430 e. The van der Waals surface area contributed by atoms with Crippen LogP contribution in [0.15, 0.2) is 48.5 Å². The molecule has 0 spiro atoms. The predicted molar refractivity (Wildman–Crippen MR) is 136 cm³/mol. The van der Waals surface area contributed by atoms with Crippen LogP contribution in [0.3, 0.4) is 0 Å². The van der Waals surface area contributed by atoms with Gasteiger partial charge in [0, 0.05) is 48.0 Å². The molecule has 0 bridgehead atoms. The number of benzene rings is 2. The Morgan fingerprint density at radius 2 is 1.57 bits per heavy atom. The van der Waals surface area contributed by atoms with Gasteiger partial charge in [-0.2, -0.15) is 13.2 Å². The first-order valence-electron chi connectivity index (χ1n) is 12.6. The minimum atomic E-state index is -5.12. The highest BCUT2D eigenvalue weighted by Crippen LogP contribution is 2.41. The molecule has 2 aliphatic rings. The number of likely N-dealkylation sites (tertiary alicyclic amines) is 1. The number of nitrogens with zero attached hydrogens (tertiary/aromatic N) is 2. The second-order valence-corrected chi connectivity index (χ2v) is 10.5. The second kappa shape index (κ2) is 11.2. The molecule has 2 unspecified atom stereocenters. The van der Waals surface area contributed by atoms with E-state index in [0.29, 0.717) is 35.3 Å². The van der Waals surface area contributed by atoms with Crippen molar-refractivity contribution in [1.82, 2.24) is 4.90 Å². The zero-order valence-corrected chi connectivity index (χ0v) is 21.3. The topological polar surface area (TPSA) is 90.0 Å². The van der Waals surface area contributed by atoms with Crippen LogP contribution in [0, 0.1) is 11.8 Å². The number of rotatable bonds is 6. The quantitative estimate of drug-likeness (QED) is 0.467. The lowest BCUT2D eigenvalue weighted by atomic mass is 9.82. The fourth-order valence-corrected chi connectivity index (χ4v) is 5.83. The Balaban J connectivity index is 1.29. The van der Waals surface area contributed by atoms with Crippen LogP contribution in [0.4, 0.5) is 18.9 Å². The monoisotopic (exact) mass is 539 g/mol. The molecule has 2 fully saturated rings. The van der Waals surface area contributed by atoms with E-state index < -0.39 is 29.5 Å². The highest BCUT2D eigenvalue weighted by Gasteiger charge is 2.62. The van der Waals surface area contributed by atoms with Crippen LogP contribution in [0.5, 0.6) is 0 Å². The van der Waals surface area contributed by atoms with Crippen molar-refractivity contribution in [3.05, 3.63) is 64.7 Å². The van der Waals surface area contributed by atoms with Gasteiger partial charge in [0.2, 0.25) is 0 Å². The molecule has 2 heterocycles. The van der Waals surface area contributed by atoms with Gasteiger partial charge in [-0.25, -0.2) is 0 Å². The van der Waals surface area contributed by atoms with Gasteiger partial charge in [-0.05, 0) is 56.1 Å². The van der Waals surface area contributed by atoms with Crippen LogP contribution >= 0.6 is 11.6 Å². The van der Waals surface area contributed by atoms with Crippen molar-refractivity contribution in [3.63, 3.8) is 0 Å². The number of aliphatic hydroxyl groups is 2. The summed E-state index contributed by atoms with van der Waals surface area (Å²) in [6.45, 7) is 2.12. The van der Waals surface area contributed by atoms with Crippen LogP contribution < -0.4 is 10.6 Å². The fourth-order valence-electron chi connectivity index (χ4n) is 5.54. The first-order chi connectivity index (χ1) is 17.5. The third-order valence-corrected chi connectivity index (χ3v) is 8.09. The van der Waals surface area contributed by atoms with Gasteiger partial charge in [0.05, 0.1) is 0 Å². The summed E-state index contributed by atoms with van der Waals surface area (Å²) in [5.74, 6) is -0.471. The molecule has 2 atom stereocenters. The van der Waals surface area contributed by atoms with Crippen molar-refractivity contribution in [2.75, 3.05) is 31.1 Å². The summed E-state index contributed by atoms with van der Waals surface area (Å²) >= 11 is 6.25. The molecule has 0 saturated carbocycles. The third-order valence-electron chi connectivity index (χ3n) is 7.76. The largest absolute Gasteiger partial charge is 0.430 e. The molecule has 2 aliphatic heterocycles. The maximum atomic E-state index is 13.9. The van der Waals surface area contributed by atoms with Crippen molar-refractivity contribution in [2.24, 2.45) is 17.6 Å². The molecule has 4 rings (SSSR count). The molecule has 2 aromatic rings. The molecule has 2 aromatic carbocycles. The van der Waals surface area contributed by atoms with Gasteiger partial charge in [0.15, 0.2) is 0 Å². The third kappa shape index (κ3) is 5.90. The molecule has 37 heavy (non-hydrogen) atoms. The molecule has 202 valence electrons. The van der Waals surface area contributed by atoms with E-state index in [2.05, 4.69) is 4.90 Å². The average Bonchev–Trinajstić information content (AvgIpc) is 2.88. The summed E-state index contributed by atoms with van der Waals surface area (Å²) in [5.41, 5.74) is 2.98. The molecule has 6 nitrogen and oxygen atoms in total. The van der Waals surface area contributed by atoms with E-state index in [4.69, 9.17) is 17.3 Å². The summed E-state index contributed by atoms with van der Waals surface area (Å²) in [7, 11) is 0. The van der Waals surface area contributed by atoms with E-state index in [0.717, 1.165) is 55.1 Å². The van der Waals surface area contributed by atoms with Gasteiger partial charge in [0.25, 0.3) is 11.5 Å². The zero-order chi connectivity index (χ0) is 26.8. The molecular formula is C27H33ClF3N3O3. The molecule has 10 heteroatoms. The Kier molecular flexibility index (Phi) is 8.38. The van der Waals surface area contributed by atoms with E-state index >= 15 is 0 Å². The highest BCUT2D eigenvalue weighted by molar-refractivity contribution is 6.31. The van der Waals surface area contributed by atoms with Crippen molar-refractivity contribution in [3.8, 4) is 0 Å². The molecule has 0 aliphatic carbocycles. The first-order valence-corrected chi connectivity index (χ1v) is 13.0. The Labute approximate surface area is 219 Å². The van der Waals surface area contributed by atoms with Crippen LogP contribution in [0.1, 0.15) is 49.5 Å². The van der Waals surface area contributed by atoms with Crippen LogP contribution in [-0.4, -0.2) is 53.4 Å². The molecule has 1 amide bonds. The van der Waals surface area contributed by atoms with Gasteiger partial charge < -0.3 is 25.7 Å². The Morgan fingerprint density at radius 3 is 2.08 bits per heavy atom. The van der Waals surface area contributed by atoms with Gasteiger partial charge in [-0.3, -0.25) is 4.79 Å². The predicted octanol–water partition coefficient (Wildman–Crippen LogP) is 4.58. The van der Waals surface area contributed by atoms with Gasteiger partial charge in [0.1, 0.15) is 6.23 Å². The lowest BCUT2D eigenvalue weighted by molar-refractivity contribution is -0.262. The number of anilines is 1. The van der Waals surface area contributed by atoms with Gasteiger partial charge in [-0.1, -0.05) is 48.0 Å². The lowest BCUT2D eigenvalue weighted by Crippen LogP contribution is -2.57. The molecular weight excluding hydrogens is 507 g/mol. The standard InChI is InChI=1S/C27H33ClF3N3O3/c28-23-17-21(6-7-22(23)24(32)35)33-12-8-18(9-13-33)16-19-10-14-34(15-11-19)25(36)26(37,27(29,30)31)20-4-2-1-3-5-20/h1-7,17-19,24,35,37H,8-16,32H2. The molecule has 4 N–H and O–H groups in total. The van der Waals surface area contributed by atoms with Crippen LogP contribution in [-0.2, 0) is 10.4 Å². The van der Waals surface area contributed by atoms with E-state index in [9.17, 15) is 28.2 Å². The number of aliphatic hydroxyl groups excluding tert-OH is 1. The zero-order valence-electron chi connectivity index (χ0n) is 20.5. The highest BCUT2D eigenvalue weighted by atomic mass is 35.5. The number of amides is 1. The van der Waals surface area contributed by atoms with Crippen LogP contribution in [0.2, 0.25) is 5.02 Å². The maximum absolute atomic E-state index is 13.9. The second-order valence-electron chi connectivity index (χ2n) is 10.1. The van der Waals surface area contributed by atoms with Crippen molar-refractivity contribution in [1.29, 1.82) is 0 Å². The van der Waals surface area contributed by atoms with Gasteiger partial charge >= 0.3 is 6.18 Å². The SMILES string of the molecule is NC(O)c1ccc(N2CCC(CC3CCN(C(=O)C(O)(c4ccccc4)C(F)(F)F)CC3)CC2)cc1Cl. The summed E-state index contributed by atoms with van der Waals surface area (Å²) < 4.78 is 41.7. The molecule has 0 radical (unpaired) electrons. The number of halogens is 4. The normalized spacial score (nSPS) is 20.5. The minimum Gasteiger partial charge on any atom is -0.374 e. The Bertz CT molecular complexity index is 1070. The lowest BCUT2D eigenvalue weighted by Gasteiger charge is -2.40. The minimum absolute atomic E-state index is 0.200. The summed E-state index contributed by atoms with van der Waals surface area (Å²) in [6, 6.07) is 12.0. The fraction of sp³-hybridized carbons (Fsp3) is 0.519. The summed E-state index contributed by atoms with van der Waals surface area (Å²) in [4.78, 5) is 16.3. The summed E-state index contributed by atoms with van der Waals surface area (Å²) in [6.07, 6.45) is -2.06. The smallest absolute Gasteiger partial charge is 0.374 e. The average molecular weight is 540 g/mol. The number of nitrogens with two attached hydrogens (primary N) is 1. The first kappa shape index (κ1) is 27.7. The number of alkyl halides is 3. The van der Waals surface area contributed by atoms with Crippen molar-refractivity contribution >= 4 is 23.2 Å². The van der Waals surface area contributed by atoms with Gasteiger partial charge in [-0.15, -0.1) is 0 Å². The Morgan fingerprint density at radius 1 is 1.00 bits per heavy atom. The number of carbonyl (C=O) groups is 1. The molecule has 2 saturated heterocycles. The van der Waals surface area contributed by atoms with E-state index in [1.807, 2.05) is 12.1 Å². The number of hydrogen-bond acceptors (Lipinski definition) is 5. The van der Waals surface area contributed by atoms with Crippen LogP contribution in [0.25, 0.3) is 0 Å². The summed E-state index contributed by atoms with van der Waals surface area (Å²) in [5, 5.41) is 20.6. The Hall–Kier alpha value is -2.33. The van der Waals surface area contributed by atoms with E-state index in [1.54, 1.807) is 12.1 Å². The van der Waals surface area contributed by atoms with E-state index in [-0.39, 0.29) is 13.1 Å². The number of piperidine rings is 2.